The number of nitrogens with zero attached hydrogens (tertiary/aromatic N) is 1. The number of hydrogen-bond acceptors (Lipinski definition) is 4. The van der Waals surface area contributed by atoms with E-state index in [9.17, 15) is 13.2 Å². The lowest BCUT2D eigenvalue weighted by molar-refractivity contribution is -0.119. The minimum absolute atomic E-state index is 0.00785. The molecular weight excluding hydrogens is 302 g/mol. The fourth-order valence-corrected chi connectivity index (χ4v) is 4.10. The van der Waals surface area contributed by atoms with Crippen LogP contribution < -0.4 is 11.1 Å². The number of rotatable bonds is 3. The van der Waals surface area contributed by atoms with Crippen LogP contribution in [0.1, 0.15) is 13.3 Å². The largest absolute Gasteiger partial charge is 0.398 e. The van der Waals surface area contributed by atoms with Crippen molar-refractivity contribution in [2.24, 2.45) is 0 Å². The van der Waals surface area contributed by atoms with E-state index in [0.29, 0.717) is 18.0 Å². The fraction of sp³-hybridized carbons (Fsp3) is 0.417. The minimum atomic E-state index is -3.69. The first-order valence-corrected chi connectivity index (χ1v) is 7.95. The number of halogens is 1. The lowest BCUT2D eigenvalue weighted by Gasteiger charge is -2.18. The predicted octanol–water partition coefficient (Wildman–Crippen LogP) is 0.821. The average Bonchev–Trinajstić information content (AvgIpc) is 2.80. The molecule has 0 radical (unpaired) electrons. The summed E-state index contributed by atoms with van der Waals surface area (Å²) < 4.78 is 26.3. The van der Waals surface area contributed by atoms with Crippen molar-refractivity contribution >= 4 is 33.2 Å². The second-order valence-electron chi connectivity index (χ2n) is 4.73. The summed E-state index contributed by atoms with van der Waals surface area (Å²) in [6.45, 7) is 2.00. The Morgan fingerprint density at radius 1 is 1.50 bits per heavy atom. The average molecular weight is 318 g/mol. The Bertz CT molecular complexity index is 633. The van der Waals surface area contributed by atoms with E-state index in [-0.39, 0.29) is 29.1 Å². The molecule has 2 rings (SSSR count). The van der Waals surface area contributed by atoms with E-state index in [2.05, 4.69) is 5.32 Å². The van der Waals surface area contributed by atoms with Crippen molar-refractivity contribution in [1.29, 1.82) is 0 Å². The van der Waals surface area contributed by atoms with Crippen LogP contribution in [0.3, 0.4) is 0 Å². The van der Waals surface area contributed by atoms with Gasteiger partial charge in [0.15, 0.2) is 0 Å². The molecule has 1 aromatic carbocycles. The van der Waals surface area contributed by atoms with Gasteiger partial charge in [0, 0.05) is 31.1 Å². The van der Waals surface area contributed by atoms with E-state index < -0.39 is 10.0 Å². The van der Waals surface area contributed by atoms with Crippen LogP contribution in [-0.2, 0) is 14.8 Å². The molecule has 0 bridgehead atoms. The van der Waals surface area contributed by atoms with E-state index in [1.54, 1.807) is 6.07 Å². The third-order valence-corrected chi connectivity index (χ3v) is 5.31. The molecule has 0 aromatic heterocycles. The van der Waals surface area contributed by atoms with Gasteiger partial charge in [0.1, 0.15) is 4.90 Å². The van der Waals surface area contributed by atoms with Crippen LogP contribution in [0, 0.1) is 0 Å². The van der Waals surface area contributed by atoms with Crippen molar-refractivity contribution in [2.45, 2.75) is 24.3 Å². The maximum absolute atomic E-state index is 12.5. The topological polar surface area (TPSA) is 92.5 Å². The summed E-state index contributed by atoms with van der Waals surface area (Å²) in [6.07, 6.45) is 0.583. The third kappa shape index (κ3) is 3.05. The van der Waals surface area contributed by atoms with Crippen molar-refractivity contribution in [3.8, 4) is 0 Å². The van der Waals surface area contributed by atoms with E-state index in [0.717, 1.165) is 0 Å². The Kier molecular flexibility index (Phi) is 4.22. The van der Waals surface area contributed by atoms with Crippen LogP contribution in [0.4, 0.5) is 5.69 Å². The molecule has 1 unspecified atom stereocenters. The number of carbonyl (C=O) groups is 1. The fourth-order valence-electron chi connectivity index (χ4n) is 2.22. The molecule has 20 heavy (non-hydrogen) atoms. The highest BCUT2D eigenvalue weighted by Gasteiger charge is 2.34. The number of nitrogens with one attached hydrogen (secondary N) is 1. The van der Waals surface area contributed by atoms with Gasteiger partial charge in [-0.05, 0) is 24.6 Å². The number of anilines is 1. The molecular formula is C12H16ClN3O3S. The molecule has 6 nitrogen and oxygen atoms in total. The standard InChI is InChI=1S/C12H16ClN3O3S/c1-8(17)15-10-4-5-16(7-10)20(18,19)12-6-9(13)2-3-11(12)14/h2-3,6,10H,4-5,7,14H2,1H3,(H,15,17). The van der Waals surface area contributed by atoms with Crippen LogP contribution in [0.25, 0.3) is 0 Å². The van der Waals surface area contributed by atoms with Crippen molar-refractivity contribution in [1.82, 2.24) is 9.62 Å². The second-order valence-corrected chi connectivity index (χ2v) is 7.07. The van der Waals surface area contributed by atoms with Crippen molar-refractivity contribution in [3.05, 3.63) is 23.2 Å². The number of carbonyl (C=O) groups excluding carboxylic acids is 1. The van der Waals surface area contributed by atoms with Crippen molar-refractivity contribution in [3.63, 3.8) is 0 Å². The maximum Gasteiger partial charge on any atom is 0.245 e. The Labute approximate surface area is 122 Å². The van der Waals surface area contributed by atoms with Gasteiger partial charge in [0.05, 0.1) is 5.69 Å². The van der Waals surface area contributed by atoms with Gasteiger partial charge in [-0.2, -0.15) is 4.31 Å². The van der Waals surface area contributed by atoms with Gasteiger partial charge >= 0.3 is 0 Å². The Morgan fingerprint density at radius 2 is 2.20 bits per heavy atom. The molecule has 0 spiro atoms. The molecule has 0 aliphatic carbocycles. The predicted molar refractivity (Wildman–Crippen MR) is 76.8 cm³/mol. The molecule has 3 N–H and O–H groups in total. The van der Waals surface area contributed by atoms with Crippen LogP contribution in [0.5, 0.6) is 0 Å². The van der Waals surface area contributed by atoms with Gasteiger partial charge in [-0.15, -0.1) is 0 Å². The number of sulfonamides is 1. The summed E-state index contributed by atoms with van der Waals surface area (Å²) in [4.78, 5) is 11.0. The molecule has 1 amide bonds. The summed E-state index contributed by atoms with van der Waals surface area (Å²) in [6, 6.07) is 4.19. The quantitative estimate of drug-likeness (QED) is 0.807. The number of benzene rings is 1. The van der Waals surface area contributed by atoms with Crippen LogP contribution >= 0.6 is 11.6 Å². The highest BCUT2D eigenvalue weighted by Crippen LogP contribution is 2.28. The van der Waals surface area contributed by atoms with Crippen molar-refractivity contribution in [2.75, 3.05) is 18.8 Å². The van der Waals surface area contributed by atoms with E-state index in [1.165, 1.54) is 23.4 Å². The first-order chi connectivity index (χ1) is 9.30. The third-order valence-electron chi connectivity index (χ3n) is 3.15. The van der Waals surface area contributed by atoms with E-state index >= 15 is 0 Å². The van der Waals surface area contributed by atoms with Gasteiger partial charge in [-0.3, -0.25) is 4.79 Å². The summed E-state index contributed by atoms with van der Waals surface area (Å²) in [5.41, 5.74) is 5.89. The highest BCUT2D eigenvalue weighted by atomic mass is 35.5. The molecule has 1 aliphatic heterocycles. The molecule has 1 saturated heterocycles. The first-order valence-electron chi connectivity index (χ1n) is 6.13. The second kappa shape index (κ2) is 5.59. The lowest BCUT2D eigenvalue weighted by Crippen LogP contribution is -2.37. The number of amides is 1. The molecule has 1 aromatic rings. The van der Waals surface area contributed by atoms with E-state index in [1.807, 2.05) is 0 Å². The van der Waals surface area contributed by atoms with E-state index in [4.69, 9.17) is 17.3 Å². The van der Waals surface area contributed by atoms with Crippen molar-refractivity contribution < 1.29 is 13.2 Å². The zero-order valence-corrected chi connectivity index (χ0v) is 12.5. The molecule has 0 saturated carbocycles. The Hall–Kier alpha value is -1.31. The SMILES string of the molecule is CC(=O)NC1CCN(S(=O)(=O)c2cc(Cl)ccc2N)C1. The maximum atomic E-state index is 12.5. The van der Waals surface area contributed by atoms with Gasteiger partial charge in [-0.1, -0.05) is 11.6 Å². The summed E-state index contributed by atoms with van der Waals surface area (Å²) in [5.74, 6) is -0.170. The molecule has 1 aliphatic rings. The number of hydrogen-bond donors (Lipinski definition) is 2. The van der Waals surface area contributed by atoms with Gasteiger partial charge < -0.3 is 11.1 Å². The Balaban J connectivity index is 2.24. The van der Waals surface area contributed by atoms with Gasteiger partial charge in [0.25, 0.3) is 0 Å². The summed E-state index contributed by atoms with van der Waals surface area (Å²) in [5, 5.41) is 3.03. The molecule has 1 atom stereocenters. The smallest absolute Gasteiger partial charge is 0.245 e. The minimum Gasteiger partial charge on any atom is -0.398 e. The summed E-state index contributed by atoms with van der Waals surface area (Å²) in [7, 11) is -3.69. The van der Waals surface area contributed by atoms with Gasteiger partial charge in [0.2, 0.25) is 15.9 Å². The zero-order valence-electron chi connectivity index (χ0n) is 11.0. The number of nitrogens with two attached hydrogens (primary N) is 1. The first kappa shape index (κ1) is 15.1. The number of nitrogen functional groups attached to an aromatic ring is 1. The molecule has 1 heterocycles. The molecule has 110 valence electrons. The normalized spacial score (nSPS) is 20.0. The molecule has 1 fully saturated rings. The highest BCUT2D eigenvalue weighted by molar-refractivity contribution is 7.89. The van der Waals surface area contributed by atoms with Gasteiger partial charge in [-0.25, -0.2) is 8.42 Å². The summed E-state index contributed by atoms with van der Waals surface area (Å²) >= 11 is 5.83. The zero-order chi connectivity index (χ0) is 14.9. The monoisotopic (exact) mass is 317 g/mol. The van der Waals surface area contributed by atoms with Crippen LogP contribution in [0.15, 0.2) is 23.1 Å². The van der Waals surface area contributed by atoms with Crippen LogP contribution in [-0.4, -0.2) is 37.8 Å². The lowest BCUT2D eigenvalue weighted by atomic mass is 10.3. The van der Waals surface area contributed by atoms with Crippen LogP contribution in [0.2, 0.25) is 5.02 Å². The Morgan fingerprint density at radius 3 is 2.85 bits per heavy atom. The molecule has 8 heteroatoms.